The Morgan fingerprint density at radius 2 is 1.77 bits per heavy atom. The second-order valence-electron chi connectivity index (χ2n) is 7.67. The number of benzene rings is 3. The maximum atomic E-state index is 13.2. The molecule has 0 saturated heterocycles. The van der Waals surface area contributed by atoms with Crippen LogP contribution in [-0.4, -0.2) is 47.7 Å². The van der Waals surface area contributed by atoms with Gasteiger partial charge in [0.15, 0.2) is 6.61 Å². The molecule has 0 aliphatic carbocycles. The van der Waals surface area contributed by atoms with Crippen LogP contribution in [0.4, 0.5) is 11.4 Å². The van der Waals surface area contributed by atoms with Gasteiger partial charge in [-0.2, -0.15) is 0 Å². The zero-order valence-electron chi connectivity index (χ0n) is 19.2. The molecule has 0 bridgehead atoms. The van der Waals surface area contributed by atoms with E-state index in [9.17, 15) is 18.0 Å². The van der Waals surface area contributed by atoms with Crippen molar-refractivity contribution in [3.05, 3.63) is 77.9 Å². The third-order valence-corrected chi connectivity index (χ3v) is 7.33. The van der Waals surface area contributed by atoms with E-state index in [1.54, 1.807) is 30.3 Å². The molecule has 0 fully saturated rings. The fourth-order valence-corrected chi connectivity index (χ4v) is 5.33. The highest BCUT2D eigenvalue weighted by atomic mass is 32.2. The summed E-state index contributed by atoms with van der Waals surface area (Å²) >= 11 is 0. The summed E-state index contributed by atoms with van der Waals surface area (Å²) in [5.74, 6) is -0.498. The number of carbonyl (C=O) groups excluding carboxylic acids is 2. The van der Waals surface area contributed by atoms with Gasteiger partial charge in [-0.25, -0.2) is 13.2 Å². The van der Waals surface area contributed by atoms with E-state index in [-0.39, 0.29) is 10.5 Å². The van der Waals surface area contributed by atoms with Gasteiger partial charge in [0.05, 0.1) is 36.1 Å². The summed E-state index contributed by atoms with van der Waals surface area (Å²) in [4.78, 5) is 24.9. The van der Waals surface area contributed by atoms with Crippen molar-refractivity contribution in [2.24, 2.45) is 0 Å². The molecular weight excluding hydrogens is 472 g/mol. The lowest BCUT2D eigenvalue weighted by Crippen LogP contribution is -2.29. The lowest BCUT2D eigenvalue weighted by atomic mass is 10.2. The van der Waals surface area contributed by atoms with Crippen molar-refractivity contribution in [2.75, 3.05) is 37.0 Å². The molecule has 1 aliphatic heterocycles. The molecule has 35 heavy (non-hydrogen) atoms. The quantitative estimate of drug-likeness (QED) is 0.477. The molecule has 1 heterocycles. The van der Waals surface area contributed by atoms with Crippen LogP contribution in [0.5, 0.6) is 11.5 Å². The number of amides is 1. The van der Waals surface area contributed by atoms with Gasteiger partial charge in [0.2, 0.25) is 0 Å². The van der Waals surface area contributed by atoms with E-state index in [4.69, 9.17) is 14.2 Å². The van der Waals surface area contributed by atoms with Crippen LogP contribution < -0.4 is 19.1 Å². The van der Waals surface area contributed by atoms with Crippen LogP contribution in [0, 0.1) is 0 Å². The summed E-state index contributed by atoms with van der Waals surface area (Å²) in [6, 6.07) is 17.8. The van der Waals surface area contributed by atoms with Crippen molar-refractivity contribution >= 4 is 33.3 Å². The molecule has 0 atom stereocenters. The molecule has 4 rings (SSSR count). The minimum absolute atomic E-state index is 0.0188. The van der Waals surface area contributed by atoms with Crippen LogP contribution in [0.2, 0.25) is 0 Å². The summed E-state index contributed by atoms with van der Waals surface area (Å²) in [5.41, 5.74) is 1.95. The van der Waals surface area contributed by atoms with Crippen molar-refractivity contribution in [2.45, 2.75) is 11.3 Å². The van der Waals surface area contributed by atoms with Crippen molar-refractivity contribution in [1.82, 2.24) is 0 Å². The molecular formula is C25H24N2O7S. The summed E-state index contributed by atoms with van der Waals surface area (Å²) in [6.07, 6.45) is 0.615. The number of nitrogens with zero attached hydrogens (tertiary/aromatic N) is 1. The van der Waals surface area contributed by atoms with E-state index in [2.05, 4.69) is 5.32 Å². The highest BCUT2D eigenvalue weighted by molar-refractivity contribution is 7.92. The van der Waals surface area contributed by atoms with E-state index >= 15 is 0 Å². The van der Waals surface area contributed by atoms with Crippen LogP contribution in [0.25, 0.3) is 0 Å². The lowest BCUT2D eigenvalue weighted by molar-refractivity contribution is -0.119. The minimum Gasteiger partial charge on any atom is -0.497 e. The average molecular weight is 497 g/mol. The van der Waals surface area contributed by atoms with Gasteiger partial charge in [0.25, 0.3) is 15.9 Å². The van der Waals surface area contributed by atoms with Gasteiger partial charge < -0.3 is 19.5 Å². The zero-order valence-corrected chi connectivity index (χ0v) is 20.0. The molecule has 0 unspecified atom stereocenters. The smallest absolute Gasteiger partial charge is 0.338 e. The van der Waals surface area contributed by atoms with Crippen molar-refractivity contribution in [3.8, 4) is 11.5 Å². The third-order valence-electron chi connectivity index (χ3n) is 5.52. The van der Waals surface area contributed by atoms with E-state index in [1.165, 1.54) is 42.8 Å². The highest BCUT2D eigenvalue weighted by Crippen LogP contribution is 2.33. The molecule has 0 aromatic heterocycles. The first-order valence-electron chi connectivity index (χ1n) is 10.7. The highest BCUT2D eigenvalue weighted by Gasteiger charge is 2.31. The molecule has 0 spiro atoms. The Hall–Kier alpha value is -4.05. The van der Waals surface area contributed by atoms with Crippen molar-refractivity contribution in [1.29, 1.82) is 0 Å². The van der Waals surface area contributed by atoms with Crippen LogP contribution in [-0.2, 0) is 26.0 Å². The number of carbonyl (C=O) groups is 2. The SMILES string of the molecule is COc1ccc(OC)c(NC(=O)COC(=O)c2cccc(S(=O)(=O)N3CCc4ccccc43)c2)c1. The number of para-hydroxylation sites is 1. The predicted molar refractivity (Wildman–Crippen MR) is 130 cm³/mol. The number of hydrogen-bond acceptors (Lipinski definition) is 7. The number of fused-ring (bicyclic) bond motifs is 1. The van der Waals surface area contributed by atoms with E-state index in [0.717, 1.165) is 5.56 Å². The van der Waals surface area contributed by atoms with E-state index in [0.29, 0.717) is 35.8 Å². The van der Waals surface area contributed by atoms with Crippen LogP contribution >= 0.6 is 0 Å². The summed E-state index contributed by atoms with van der Waals surface area (Å²) in [6.45, 7) is -0.250. The molecule has 1 amide bonds. The van der Waals surface area contributed by atoms with Gasteiger partial charge in [-0.05, 0) is 48.4 Å². The maximum absolute atomic E-state index is 13.2. The standard InChI is InChI=1S/C25H24N2O7S/c1-32-19-10-11-23(33-2)21(15-19)26-24(28)16-34-25(29)18-7-5-8-20(14-18)35(30,31)27-13-12-17-6-3-4-9-22(17)27/h3-11,14-15H,12-13,16H2,1-2H3,(H,26,28). The van der Waals surface area contributed by atoms with Crippen LogP contribution in [0.1, 0.15) is 15.9 Å². The van der Waals surface area contributed by atoms with Crippen molar-refractivity contribution < 1.29 is 32.2 Å². The first kappa shape index (κ1) is 24.1. The number of sulfonamides is 1. The number of rotatable bonds is 8. The normalized spacial score (nSPS) is 12.6. The molecule has 3 aromatic rings. The van der Waals surface area contributed by atoms with Crippen LogP contribution in [0.15, 0.2) is 71.6 Å². The number of nitrogens with one attached hydrogen (secondary N) is 1. The third kappa shape index (κ3) is 5.07. The van der Waals surface area contributed by atoms with Gasteiger partial charge >= 0.3 is 5.97 Å². The Labute approximate surface area is 203 Å². The first-order valence-corrected chi connectivity index (χ1v) is 12.2. The maximum Gasteiger partial charge on any atom is 0.338 e. The molecule has 1 aliphatic rings. The monoisotopic (exact) mass is 496 g/mol. The Morgan fingerprint density at radius 1 is 0.971 bits per heavy atom. The topological polar surface area (TPSA) is 111 Å². The van der Waals surface area contributed by atoms with Crippen molar-refractivity contribution in [3.63, 3.8) is 0 Å². The van der Waals surface area contributed by atoms with Gasteiger partial charge in [-0.1, -0.05) is 24.3 Å². The molecule has 1 N–H and O–H groups in total. The Kier molecular flexibility index (Phi) is 6.92. The molecule has 10 heteroatoms. The van der Waals surface area contributed by atoms with E-state index < -0.39 is 28.5 Å². The Bertz CT molecular complexity index is 1370. The molecule has 0 radical (unpaired) electrons. The average Bonchev–Trinajstić information content (AvgIpc) is 3.32. The molecule has 3 aromatic carbocycles. The Morgan fingerprint density at radius 3 is 2.54 bits per heavy atom. The van der Waals surface area contributed by atoms with Gasteiger partial charge in [-0.15, -0.1) is 0 Å². The Balaban J connectivity index is 1.44. The summed E-state index contributed by atoms with van der Waals surface area (Å²) in [5, 5.41) is 2.60. The van der Waals surface area contributed by atoms with Gasteiger partial charge in [-0.3, -0.25) is 9.10 Å². The fourth-order valence-electron chi connectivity index (χ4n) is 3.78. The van der Waals surface area contributed by atoms with Gasteiger partial charge in [0, 0.05) is 12.6 Å². The summed E-state index contributed by atoms with van der Waals surface area (Å²) in [7, 11) is -0.924. The van der Waals surface area contributed by atoms with Gasteiger partial charge in [0.1, 0.15) is 11.5 Å². The second-order valence-corrected chi connectivity index (χ2v) is 9.54. The molecule has 9 nitrogen and oxygen atoms in total. The van der Waals surface area contributed by atoms with E-state index in [1.807, 2.05) is 12.1 Å². The largest absolute Gasteiger partial charge is 0.497 e. The second kappa shape index (κ2) is 10.1. The number of hydrogen-bond donors (Lipinski definition) is 1. The number of ether oxygens (including phenoxy) is 3. The lowest BCUT2D eigenvalue weighted by Gasteiger charge is -2.19. The number of esters is 1. The molecule has 182 valence electrons. The summed E-state index contributed by atoms with van der Waals surface area (Å²) < 4.78 is 43.3. The minimum atomic E-state index is -3.87. The zero-order chi connectivity index (χ0) is 25.0. The first-order chi connectivity index (χ1) is 16.8. The number of anilines is 2. The molecule has 0 saturated carbocycles. The number of methoxy groups -OCH3 is 2. The van der Waals surface area contributed by atoms with Crippen LogP contribution in [0.3, 0.4) is 0 Å². The predicted octanol–water partition coefficient (Wildman–Crippen LogP) is 3.25. The fraction of sp³-hybridized carbons (Fsp3) is 0.200.